The van der Waals surface area contributed by atoms with Crippen molar-refractivity contribution in [3.8, 4) is 0 Å². The summed E-state index contributed by atoms with van der Waals surface area (Å²) in [5.41, 5.74) is 3.02. The average Bonchev–Trinajstić information content (AvgIpc) is 2.95. The number of hydrogen-bond donors (Lipinski definition) is 2. The Bertz CT molecular complexity index is 507. The van der Waals surface area contributed by atoms with E-state index in [4.69, 9.17) is 0 Å². The number of imidazole rings is 1. The van der Waals surface area contributed by atoms with E-state index in [1.807, 2.05) is 6.07 Å². The van der Waals surface area contributed by atoms with Gasteiger partial charge in [-0.05, 0) is 30.0 Å². The molecule has 1 aliphatic rings. The van der Waals surface area contributed by atoms with Gasteiger partial charge in [0, 0.05) is 24.5 Å². The first-order valence-electron chi connectivity index (χ1n) is 5.82. The standard InChI is InChI=1S/C13H14FN3/c14-12-3-1-2-11-10(12)4-5-13(11)16-7-9-6-15-8-17-9/h1-3,6,8,13,16H,4-5,7H2,(H,15,17). The quantitative estimate of drug-likeness (QED) is 0.851. The molecule has 0 amide bonds. The maximum Gasteiger partial charge on any atom is 0.126 e. The van der Waals surface area contributed by atoms with Crippen LogP contribution in [0.1, 0.15) is 29.3 Å². The van der Waals surface area contributed by atoms with Gasteiger partial charge in [0.15, 0.2) is 0 Å². The fourth-order valence-electron chi connectivity index (χ4n) is 2.44. The van der Waals surface area contributed by atoms with Gasteiger partial charge in [0.25, 0.3) is 0 Å². The third-order valence-corrected chi connectivity index (χ3v) is 3.31. The van der Waals surface area contributed by atoms with E-state index in [1.54, 1.807) is 18.6 Å². The van der Waals surface area contributed by atoms with Crippen molar-refractivity contribution < 1.29 is 4.39 Å². The van der Waals surface area contributed by atoms with Crippen molar-refractivity contribution in [1.29, 1.82) is 0 Å². The van der Waals surface area contributed by atoms with E-state index in [0.717, 1.165) is 36.2 Å². The fraction of sp³-hybridized carbons (Fsp3) is 0.308. The van der Waals surface area contributed by atoms with E-state index in [-0.39, 0.29) is 11.9 Å². The highest BCUT2D eigenvalue weighted by Crippen LogP contribution is 2.32. The molecule has 88 valence electrons. The Morgan fingerprint density at radius 3 is 3.24 bits per heavy atom. The van der Waals surface area contributed by atoms with Crippen LogP contribution in [0.2, 0.25) is 0 Å². The van der Waals surface area contributed by atoms with Gasteiger partial charge in [-0.15, -0.1) is 0 Å². The molecule has 17 heavy (non-hydrogen) atoms. The lowest BCUT2D eigenvalue weighted by molar-refractivity contribution is 0.526. The van der Waals surface area contributed by atoms with Crippen LogP contribution >= 0.6 is 0 Å². The molecule has 0 spiro atoms. The van der Waals surface area contributed by atoms with E-state index in [2.05, 4.69) is 15.3 Å². The van der Waals surface area contributed by atoms with E-state index < -0.39 is 0 Å². The molecule has 0 aliphatic heterocycles. The van der Waals surface area contributed by atoms with Crippen LogP contribution in [0, 0.1) is 5.82 Å². The molecular weight excluding hydrogens is 217 g/mol. The van der Waals surface area contributed by atoms with Crippen LogP contribution < -0.4 is 5.32 Å². The fourth-order valence-corrected chi connectivity index (χ4v) is 2.44. The van der Waals surface area contributed by atoms with Gasteiger partial charge in [0.2, 0.25) is 0 Å². The Balaban J connectivity index is 1.73. The molecule has 0 saturated heterocycles. The topological polar surface area (TPSA) is 40.7 Å². The number of halogens is 1. The summed E-state index contributed by atoms with van der Waals surface area (Å²) in [5.74, 6) is -0.0756. The highest BCUT2D eigenvalue weighted by atomic mass is 19.1. The van der Waals surface area contributed by atoms with Gasteiger partial charge in [-0.1, -0.05) is 12.1 Å². The SMILES string of the molecule is Fc1cccc2c1CCC2NCc1cnc[nH]1. The Morgan fingerprint density at radius 2 is 2.41 bits per heavy atom. The Kier molecular flexibility index (Phi) is 2.65. The van der Waals surface area contributed by atoms with Crippen LogP contribution in [0.3, 0.4) is 0 Å². The molecule has 1 aliphatic carbocycles. The van der Waals surface area contributed by atoms with Gasteiger partial charge in [0.05, 0.1) is 6.33 Å². The first kappa shape index (κ1) is 10.5. The predicted octanol–water partition coefficient (Wildman–Crippen LogP) is 2.33. The van der Waals surface area contributed by atoms with E-state index in [0.29, 0.717) is 0 Å². The minimum Gasteiger partial charge on any atom is -0.347 e. The summed E-state index contributed by atoms with van der Waals surface area (Å²) in [4.78, 5) is 7.02. The molecular formula is C13H14FN3. The summed E-state index contributed by atoms with van der Waals surface area (Å²) in [6.45, 7) is 0.737. The lowest BCUT2D eigenvalue weighted by Gasteiger charge is -2.13. The molecule has 2 aromatic rings. The lowest BCUT2D eigenvalue weighted by Crippen LogP contribution is -2.18. The normalized spacial score (nSPS) is 18.3. The molecule has 4 heteroatoms. The van der Waals surface area contributed by atoms with Crippen molar-refractivity contribution in [3.63, 3.8) is 0 Å². The molecule has 1 heterocycles. The third-order valence-electron chi connectivity index (χ3n) is 3.31. The van der Waals surface area contributed by atoms with Crippen molar-refractivity contribution in [3.05, 3.63) is 53.4 Å². The zero-order valence-electron chi connectivity index (χ0n) is 9.41. The molecule has 0 fully saturated rings. The van der Waals surface area contributed by atoms with E-state index >= 15 is 0 Å². The highest BCUT2D eigenvalue weighted by Gasteiger charge is 2.24. The second-order valence-corrected chi connectivity index (χ2v) is 4.36. The molecule has 1 atom stereocenters. The summed E-state index contributed by atoms with van der Waals surface area (Å²) in [6, 6.07) is 5.58. The third kappa shape index (κ3) is 1.96. The monoisotopic (exact) mass is 231 g/mol. The van der Waals surface area contributed by atoms with Gasteiger partial charge in [-0.25, -0.2) is 9.37 Å². The second-order valence-electron chi connectivity index (χ2n) is 4.36. The Morgan fingerprint density at radius 1 is 1.47 bits per heavy atom. The zero-order valence-corrected chi connectivity index (χ0v) is 9.41. The Labute approximate surface area is 99.1 Å². The van der Waals surface area contributed by atoms with Gasteiger partial charge in [-0.3, -0.25) is 0 Å². The van der Waals surface area contributed by atoms with Crippen molar-refractivity contribution in [1.82, 2.24) is 15.3 Å². The predicted molar refractivity (Wildman–Crippen MR) is 62.9 cm³/mol. The maximum absolute atomic E-state index is 13.5. The van der Waals surface area contributed by atoms with Crippen LogP contribution in [-0.4, -0.2) is 9.97 Å². The largest absolute Gasteiger partial charge is 0.347 e. The summed E-state index contributed by atoms with van der Waals surface area (Å²) < 4.78 is 13.5. The number of nitrogens with zero attached hydrogens (tertiary/aromatic N) is 1. The second kappa shape index (κ2) is 4.30. The molecule has 1 aromatic carbocycles. The number of benzene rings is 1. The number of aromatic nitrogens is 2. The molecule has 3 rings (SSSR count). The smallest absolute Gasteiger partial charge is 0.126 e. The lowest BCUT2D eigenvalue weighted by atomic mass is 10.1. The van der Waals surface area contributed by atoms with Gasteiger partial charge < -0.3 is 10.3 Å². The van der Waals surface area contributed by atoms with Crippen LogP contribution in [0.15, 0.2) is 30.7 Å². The van der Waals surface area contributed by atoms with Gasteiger partial charge >= 0.3 is 0 Å². The molecule has 2 N–H and O–H groups in total. The molecule has 0 bridgehead atoms. The van der Waals surface area contributed by atoms with Crippen molar-refractivity contribution in [2.45, 2.75) is 25.4 Å². The van der Waals surface area contributed by atoms with Crippen molar-refractivity contribution >= 4 is 0 Å². The highest BCUT2D eigenvalue weighted by molar-refractivity contribution is 5.35. The van der Waals surface area contributed by atoms with Crippen LogP contribution in [-0.2, 0) is 13.0 Å². The number of nitrogens with one attached hydrogen (secondary N) is 2. The van der Waals surface area contributed by atoms with E-state index in [9.17, 15) is 4.39 Å². The van der Waals surface area contributed by atoms with Crippen molar-refractivity contribution in [2.24, 2.45) is 0 Å². The molecule has 1 aromatic heterocycles. The molecule has 1 unspecified atom stereocenters. The van der Waals surface area contributed by atoms with Crippen molar-refractivity contribution in [2.75, 3.05) is 0 Å². The van der Waals surface area contributed by atoms with E-state index in [1.165, 1.54) is 6.07 Å². The molecule has 3 nitrogen and oxygen atoms in total. The number of fused-ring (bicyclic) bond motifs is 1. The van der Waals surface area contributed by atoms with Crippen LogP contribution in [0.25, 0.3) is 0 Å². The minimum atomic E-state index is -0.0756. The summed E-state index contributed by atoms with van der Waals surface area (Å²) in [6.07, 6.45) is 5.25. The van der Waals surface area contributed by atoms with Crippen LogP contribution in [0.4, 0.5) is 4.39 Å². The summed E-state index contributed by atoms with van der Waals surface area (Å²) >= 11 is 0. The zero-order chi connectivity index (χ0) is 11.7. The summed E-state index contributed by atoms with van der Waals surface area (Å²) in [7, 11) is 0. The average molecular weight is 231 g/mol. The summed E-state index contributed by atoms with van der Waals surface area (Å²) in [5, 5.41) is 3.43. The van der Waals surface area contributed by atoms with Gasteiger partial charge in [0.1, 0.15) is 5.82 Å². The number of rotatable bonds is 3. The van der Waals surface area contributed by atoms with Gasteiger partial charge in [-0.2, -0.15) is 0 Å². The Hall–Kier alpha value is -1.68. The minimum absolute atomic E-state index is 0.0756. The number of hydrogen-bond acceptors (Lipinski definition) is 2. The van der Waals surface area contributed by atoms with Crippen LogP contribution in [0.5, 0.6) is 0 Å². The first-order valence-corrected chi connectivity index (χ1v) is 5.82. The molecule has 0 saturated carbocycles. The number of H-pyrrole nitrogens is 1. The number of aromatic amines is 1. The molecule has 0 radical (unpaired) electrons. The maximum atomic E-state index is 13.5. The first-order chi connectivity index (χ1) is 8.34.